The lowest BCUT2D eigenvalue weighted by molar-refractivity contribution is -0.137. The molecule has 0 aliphatic rings. The number of anilines is 1. The molecule has 0 aliphatic heterocycles. The summed E-state index contributed by atoms with van der Waals surface area (Å²) < 4.78 is 7.79. The van der Waals surface area contributed by atoms with Gasteiger partial charge in [0.05, 0.1) is 18.5 Å². The molecule has 0 saturated carbocycles. The molecule has 4 aromatic rings. The number of ether oxygens (including phenoxy) is 1. The first-order chi connectivity index (χ1) is 16.4. The Kier molecular flexibility index (Phi) is 6.54. The summed E-state index contributed by atoms with van der Waals surface area (Å²) in [4.78, 5) is 36.8. The number of aromatic nitrogens is 3. The summed E-state index contributed by atoms with van der Waals surface area (Å²) in [6.07, 6.45) is 0. The summed E-state index contributed by atoms with van der Waals surface area (Å²) in [6.45, 7) is -0.591. The number of benzene rings is 2. The zero-order chi connectivity index (χ0) is 24.1. The monoisotopic (exact) mass is 458 g/mol. The van der Waals surface area contributed by atoms with E-state index < -0.39 is 11.9 Å². The maximum atomic E-state index is 12.7. The lowest BCUT2D eigenvalue weighted by Crippen LogP contribution is -2.28. The third-order valence-corrected chi connectivity index (χ3v) is 5.12. The highest BCUT2D eigenvalue weighted by atomic mass is 16.5. The van der Waals surface area contributed by atoms with Gasteiger partial charge >= 0.3 is 5.97 Å². The number of nitrogens with zero attached hydrogens (tertiary/aromatic N) is 3. The zero-order valence-corrected chi connectivity index (χ0v) is 18.3. The van der Waals surface area contributed by atoms with E-state index in [0.29, 0.717) is 28.5 Å². The largest absolute Gasteiger partial charge is 0.497 e. The van der Waals surface area contributed by atoms with Crippen molar-refractivity contribution in [3.8, 4) is 28.4 Å². The Morgan fingerprint density at radius 2 is 1.68 bits per heavy atom. The van der Waals surface area contributed by atoms with Crippen LogP contribution in [-0.2, 0) is 22.7 Å². The van der Waals surface area contributed by atoms with Crippen LogP contribution in [-0.4, -0.2) is 38.4 Å². The van der Waals surface area contributed by atoms with E-state index in [1.165, 1.54) is 15.3 Å². The van der Waals surface area contributed by atoms with Gasteiger partial charge in [-0.05, 0) is 42.0 Å². The topological polar surface area (TPSA) is 115 Å². The van der Waals surface area contributed by atoms with E-state index in [9.17, 15) is 19.5 Å². The lowest BCUT2D eigenvalue weighted by atomic mass is 10.1. The van der Waals surface area contributed by atoms with Crippen molar-refractivity contribution in [2.75, 3.05) is 12.4 Å². The number of carboxylic acid groups (broad SMARTS) is 1. The van der Waals surface area contributed by atoms with E-state index in [-0.39, 0.29) is 18.6 Å². The maximum Gasteiger partial charge on any atom is 0.325 e. The molecule has 0 aliphatic carbocycles. The highest BCUT2D eigenvalue weighted by Gasteiger charge is 2.17. The first-order valence-electron chi connectivity index (χ1n) is 10.4. The molecule has 2 aromatic carbocycles. The molecule has 0 saturated heterocycles. The fourth-order valence-corrected chi connectivity index (χ4v) is 3.56. The van der Waals surface area contributed by atoms with Crippen molar-refractivity contribution in [2.45, 2.75) is 13.1 Å². The number of pyridine rings is 1. The Morgan fingerprint density at radius 3 is 2.35 bits per heavy atom. The molecule has 2 heterocycles. The minimum Gasteiger partial charge on any atom is -0.497 e. The van der Waals surface area contributed by atoms with Gasteiger partial charge in [-0.25, -0.2) is 0 Å². The van der Waals surface area contributed by atoms with Crippen LogP contribution in [0.15, 0.2) is 83.7 Å². The highest BCUT2D eigenvalue weighted by molar-refractivity contribution is 5.91. The molecule has 9 heteroatoms. The second kappa shape index (κ2) is 9.86. The lowest BCUT2D eigenvalue weighted by Gasteiger charge is -2.11. The van der Waals surface area contributed by atoms with Gasteiger partial charge in [-0.2, -0.15) is 5.10 Å². The summed E-state index contributed by atoms with van der Waals surface area (Å²) in [6, 6.07) is 22.4. The van der Waals surface area contributed by atoms with Gasteiger partial charge in [-0.15, -0.1) is 0 Å². The van der Waals surface area contributed by atoms with Crippen molar-refractivity contribution >= 4 is 17.6 Å². The second-order valence-corrected chi connectivity index (χ2v) is 7.44. The number of amides is 1. The van der Waals surface area contributed by atoms with E-state index in [0.717, 1.165) is 5.56 Å². The molecule has 0 radical (unpaired) electrons. The average Bonchev–Trinajstić information content (AvgIpc) is 3.24. The minimum atomic E-state index is -1.05. The van der Waals surface area contributed by atoms with E-state index >= 15 is 0 Å². The van der Waals surface area contributed by atoms with Crippen LogP contribution < -0.4 is 15.6 Å². The van der Waals surface area contributed by atoms with Crippen LogP contribution in [0, 0.1) is 0 Å². The van der Waals surface area contributed by atoms with Crippen LogP contribution in [0.3, 0.4) is 0 Å². The Labute approximate surface area is 194 Å². The SMILES string of the molecule is COc1ccc(NC(=O)Cn2c(-c3cc(-c4ccccc4)n(CC(=O)O)n3)cccc2=O)cc1. The number of carboxylic acids is 1. The van der Waals surface area contributed by atoms with Crippen molar-refractivity contribution in [3.63, 3.8) is 0 Å². The average molecular weight is 458 g/mol. The van der Waals surface area contributed by atoms with Gasteiger partial charge in [0.15, 0.2) is 0 Å². The van der Waals surface area contributed by atoms with Crippen LogP contribution in [0.25, 0.3) is 22.6 Å². The summed E-state index contributed by atoms with van der Waals surface area (Å²) in [5.41, 5.74) is 2.34. The third-order valence-electron chi connectivity index (χ3n) is 5.12. The zero-order valence-electron chi connectivity index (χ0n) is 18.3. The molecule has 0 spiro atoms. The molecule has 34 heavy (non-hydrogen) atoms. The molecule has 0 bridgehead atoms. The smallest absolute Gasteiger partial charge is 0.325 e. The fourth-order valence-electron chi connectivity index (χ4n) is 3.56. The molecular formula is C25H22N4O5. The van der Waals surface area contributed by atoms with Crippen LogP contribution in [0.1, 0.15) is 0 Å². The predicted octanol–water partition coefficient (Wildman–Crippen LogP) is 3.11. The number of aliphatic carboxylic acids is 1. The van der Waals surface area contributed by atoms with Gasteiger partial charge in [-0.1, -0.05) is 36.4 Å². The van der Waals surface area contributed by atoms with Crippen LogP contribution in [0.5, 0.6) is 5.75 Å². The summed E-state index contributed by atoms with van der Waals surface area (Å²) in [5, 5.41) is 16.5. The van der Waals surface area contributed by atoms with Gasteiger partial charge in [0.2, 0.25) is 5.91 Å². The predicted molar refractivity (Wildman–Crippen MR) is 127 cm³/mol. The molecule has 0 atom stereocenters. The summed E-state index contributed by atoms with van der Waals surface area (Å²) >= 11 is 0. The minimum absolute atomic E-state index is 0.243. The van der Waals surface area contributed by atoms with Gasteiger partial charge in [0, 0.05) is 11.8 Å². The van der Waals surface area contributed by atoms with E-state index in [1.54, 1.807) is 49.6 Å². The Balaban J connectivity index is 1.67. The van der Waals surface area contributed by atoms with Crippen LogP contribution in [0.4, 0.5) is 5.69 Å². The maximum absolute atomic E-state index is 12.7. The van der Waals surface area contributed by atoms with Crippen molar-refractivity contribution < 1.29 is 19.4 Å². The van der Waals surface area contributed by atoms with Gasteiger partial charge in [0.1, 0.15) is 24.5 Å². The number of nitrogens with one attached hydrogen (secondary N) is 1. The number of hydrogen-bond donors (Lipinski definition) is 2. The van der Waals surface area contributed by atoms with E-state index in [1.807, 2.05) is 30.3 Å². The van der Waals surface area contributed by atoms with Gasteiger partial charge < -0.3 is 15.2 Å². The summed E-state index contributed by atoms with van der Waals surface area (Å²) in [5.74, 6) is -0.783. The number of methoxy groups -OCH3 is 1. The van der Waals surface area contributed by atoms with Crippen molar-refractivity contribution in [1.82, 2.24) is 14.3 Å². The molecule has 4 rings (SSSR count). The molecule has 2 aromatic heterocycles. The van der Waals surface area contributed by atoms with Crippen molar-refractivity contribution in [3.05, 3.63) is 89.2 Å². The van der Waals surface area contributed by atoms with Crippen LogP contribution >= 0.6 is 0 Å². The molecular weight excluding hydrogens is 436 g/mol. The third kappa shape index (κ3) is 5.04. The number of carbonyl (C=O) groups is 2. The molecule has 0 unspecified atom stereocenters. The Morgan fingerprint density at radius 1 is 0.941 bits per heavy atom. The standard InChI is InChI=1S/C25H22N4O5/c1-34-19-12-10-18(11-13-19)26-23(30)15-28-21(8-5-9-24(28)31)20-14-22(17-6-3-2-4-7-17)29(27-20)16-25(32)33/h2-14H,15-16H2,1H3,(H,26,30)(H,32,33). The van der Waals surface area contributed by atoms with E-state index in [2.05, 4.69) is 10.4 Å². The first-order valence-corrected chi connectivity index (χ1v) is 10.4. The molecule has 9 nitrogen and oxygen atoms in total. The molecule has 0 fully saturated rings. The molecule has 2 N–H and O–H groups in total. The van der Waals surface area contributed by atoms with Crippen molar-refractivity contribution in [1.29, 1.82) is 0 Å². The highest BCUT2D eigenvalue weighted by Crippen LogP contribution is 2.26. The molecule has 1 amide bonds. The van der Waals surface area contributed by atoms with Crippen LogP contribution in [0.2, 0.25) is 0 Å². The van der Waals surface area contributed by atoms with Crippen molar-refractivity contribution in [2.24, 2.45) is 0 Å². The molecule has 172 valence electrons. The second-order valence-electron chi connectivity index (χ2n) is 7.44. The number of hydrogen-bond acceptors (Lipinski definition) is 5. The Bertz CT molecular complexity index is 1370. The van der Waals surface area contributed by atoms with Gasteiger partial charge in [-0.3, -0.25) is 23.6 Å². The quantitative estimate of drug-likeness (QED) is 0.419. The van der Waals surface area contributed by atoms with E-state index in [4.69, 9.17) is 4.74 Å². The first kappa shape index (κ1) is 22.5. The Hall–Kier alpha value is -4.66. The normalized spacial score (nSPS) is 10.6. The number of rotatable bonds is 8. The number of carbonyl (C=O) groups excluding carboxylic acids is 1. The summed E-state index contributed by atoms with van der Waals surface area (Å²) in [7, 11) is 1.55. The fraction of sp³-hybridized carbons (Fsp3) is 0.120. The van der Waals surface area contributed by atoms with Gasteiger partial charge in [0.25, 0.3) is 5.56 Å².